The molecule has 0 saturated heterocycles. The molecule has 2 bridgehead atoms. The number of hydrazine groups is 2. The quantitative estimate of drug-likeness (QED) is 0.141. The van der Waals surface area contributed by atoms with Crippen LogP contribution in [0, 0.1) is 23.7 Å². The van der Waals surface area contributed by atoms with E-state index in [1.165, 1.54) is 6.20 Å². The molecule has 2 aromatic heterocycles. The van der Waals surface area contributed by atoms with Crippen LogP contribution >= 0.6 is 11.6 Å². The number of alkyl halides is 3. The highest BCUT2D eigenvalue weighted by Crippen LogP contribution is 2.60. The Labute approximate surface area is 269 Å². The third-order valence-corrected chi connectivity index (χ3v) is 9.88. The molecule has 1 atom stereocenters. The molecule has 3 heterocycles. The van der Waals surface area contributed by atoms with Crippen molar-refractivity contribution in [3.05, 3.63) is 76.8 Å². The van der Waals surface area contributed by atoms with Gasteiger partial charge in [-0.15, -0.1) is 12.0 Å². The fourth-order valence-corrected chi connectivity index (χ4v) is 6.89. The van der Waals surface area contributed by atoms with Gasteiger partial charge < -0.3 is 20.8 Å². The Morgan fingerprint density at radius 2 is 1.93 bits per heavy atom. The average Bonchev–Trinajstić information content (AvgIpc) is 3.45. The number of methoxy groups -OCH3 is 1. The van der Waals surface area contributed by atoms with Crippen molar-refractivity contribution in [1.82, 2.24) is 25.9 Å². The van der Waals surface area contributed by atoms with Gasteiger partial charge in [0.05, 0.1) is 51.6 Å². The molecular weight excluding hydrogens is 615 g/mol. The minimum Gasteiger partial charge on any atom is -0.481 e. The molecule has 3 saturated carbocycles. The molecule has 3 fully saturated rings. The first-order chi connectivity index (χ1) is 21.9. The van der Waals surface area contributed by atoms with Gasteiger partial charge >= 0.3 is 6.18 Å². The SMILES string of the molecule is C#Cc1cnc2c(Cl)cc(N[C@H](C3=CN(C45CC(C4)C5)NN3)c3cccc4c(OC)nccc34)cc2c1NCC(C)(C)C(F)(F)F. The Bertz CT molecular complexity index is 1920. The largest absolute Gasteiger partial charge is 0.481 e. The summed E-state index contributed by atoms with van der Waals surface area (Å²) in [5, 5.41) is 11.4. The van der Waals surface area contributed by atoms with Gasteiger partial charge in [-0.3, -0.25) is 9.99 Å². The van der Waals surface area contributed by atoms with E-state index in [2.05, 4.69) is 48.7 Å². The number of fused-ring (bicyclic) bond motifs is 2. The van der Waals surface area contributed by atoms with Crippen LogP contribution in [0.25, 0.3) is 21.7 Å². The van der Waals surface area contributed by atoms with E-state index in [1.807, 2.05) is 30.3 Å². The maximum absolute atomic E-state index is 13.7. The molecule has 0 unspecified atom stereocenters. The molecule has 238 valence electrons. The summed E-state index contributed by atoms with van der Waals surface area (Å²) in [5.41, 5.74) is 8.44. The van der Waals surface area contributed by atoms with Gasteiger partial charge in [0.15, 0.2) is 0 Å². The molecule has 0 radical (unpaired) electrons. The normalized spacial score (nSPS) is 21.1. The third-order valence-electron chi connectivity index (χ3n) is 9.59. The fraction of sp³-hybridized carbons (Fsp3) is 0.353. The minimum absolute atomic E-state index is 0.129. The van der Waals surface area contributed by atoms with E-state index in [4.69, 9.17) is 22.8 Å². The van der Waals surface area contributed by atoms with Crippen LogP contribution in [0.4, 0.5) is 24.5 Å². The highest BCUT2D eigenvalue weighted by molar-refractivity contribution is 6.35. The summed E-state index contributed by atoms with van der Waals surface area (Å²) in [5.74, 6) is 3.87. The second-order valence-corrected chi connectivity index (χ2v) is 13.4. The van der Waals surface area contributed by atoms with E-state index in [1.54, 1.807) is 19.4 Å². The summed E-state index contributed by atoms with van der Waals surface area (Å²) in [6, 6.07) is 11.1. The standard InChI is InChI=1S/C34H33ClF3N7O/c1-5-20-16-40-29-25(28(20)41-18-32(2,3)34(36,37)38)11-21(12-26(29)35)42-30(27-17-45(44-43-27)33-13-19(14-33)15-33)23-7-6-8-24-22(23)9-10-39-31(24)46-4/h1,6-12,16-17,19,30,42-44H,13-15,18H2,2-4H3,(H,40,41)/t19?,30-,33?/m0/s1. The van der Waals surface area contributed by atoms with Gasteiger partial charge in [-0.25, -0.2) is 4.98 Å². The predicted octanol–water partition coefficient (Wildman–Crippen LogP) is 7.30. The van der Waals surface area contributed by atoms with E-state index in [0.717, 1.165) is 61.1 Å². The zero-order chi connectivity index (χ0) is 32.4. The lowest BCUT2D eigenvalue weighted by Gasteiger charge is -2.64. The molecular formula is C34H33ClF3N7O. The van der Waals surface area contributed by atoms with Gasteiger partial charge in [0.1, 0.15) is 0 Å². The van der Waals surface area contributed by atoms with Crippen LogP contribution in [-0.2, 0) is 0 Å². The maximum Gasteiger partial charge on any atom is 0.395 e. The lowest BCUT2D eigenvalue weighted by molar-refractivity contribution is -0.206. The molecule has 3 aliphatic carbocycles. The smallest absolute Gasteiger partial charge is 0.395 e. The third kappa shape index (κ3) is 4.91. The van der Waals surface area contributed by atoms with Crippen LogP contribution in [0.1, 0.15) is 50.3 Å². The number of terminal acetylenes is 1. The Kier molecular flexibility index (Phi) is 7.14. The van der Waals surface area contributed by atoms with Crippen LogP contribution in [0.2, 0.25) is 5.02 Å². The number of nitrogens with one attached hydrogen (secondary N) is 4. The fourth-order valence-electron chi connectivity index (χ4n) is 6.62. The van der Waals surface area contributed by atoms with Crippen LogP contribution in [0.5, 0.6) is 5.88 Å². The van der Waals surface area contributed by atoms with E-state index >= 15 is 0 Å². The molecule has 12 heteroatoms. The average molecular weight is 648 g/mol. The van der Waals surface area contributed by atoms with Crippen molar-refractivity contribution in [1.29, 1.82) is 0 Å². The van der Waals surface area contributed by atoms with Crippen LogP contribution in [0.3, 0.4) is 0 Å². The van der Waals surface area contributed by atoms with Gasteiger partial charge in [-0.05, 0) is 74.2 Å². The number of pyridine rings is 2. The first kappa shape index (κ1) is 30.3. The molecule has 8 rings (SSSR count). The van der Waals surface area contributed by atoms with Gasteiger partial charge in [-0.2, -0.15) is 13.2 Å². The van der Waals surface area contributed by atoms with Crippen molar-refractivity contribution in [2.45, 2.75) is 50.9 Å². The highest BCUT2D eigenvalue weighted by atomic mass is 35.5. The second kappa shape index (κ2) is 10.9. The van der Waals surface area contributed by atoms with Crippen molar-refractivity contribution in [2.75, 3.05) is 24.3 Å². The molecule has 46 heavy (non-hydrogen) atoms. The Balaban J connectivity index is 1.32. The summed E-state index contributed by atoms with van der Waals surface area (Å²) in [6.45, 7) is 1.89. The molecule has 4 aromatic rings. The zero-order valence-corrected chi connectivity index (χ0v) is 26.3. The molecule has 4 N–H and O–H groups in total. The van der Waals surface area contributed by atoms with E-state index in [-0.39, 0.29) is 5.54 Å². The van der Waals surface area contributed by atoms with Crippen molar-refractivity contribution in [2.24, 2.45) is 11.3 Å². The lowest BCUT2D eigenvalue weighted by atomic mass is 9.49. The van der Waals surface area contributed by atoms with Crippen LogP contribution < -0.4 is 26.3 Å². The van der Waals surface area contributed by atoms with E-state index in [0.29, 0.717) is 38.7 Å². The first-order valence-corrected chi connectivity index (χ1v) is 15.4. The number of rotatable bonds is 9. The highest BCUT2D eigenvalue weighted by Gasteiger charge is 2.60. The lowest BCUT2D eigenvalue weighted by Crippen LogP contribution is -2.69. The number of aromatic nitrogens is 2. The monoisotopic (exact) mass is 647 g/mol. The number of benzene rings is 2. The summed E-state index contributed by atoms with van der Waals surface area (Å²) < 4.78 is 46.8. The molecule has 0 spiro atoms. The Hall–Kier alpha value is -4.40. The molecule has 8 nitrogen and oxygen atoms in total. The Morgan fingerprint density at radius 3 is 2.61 bits per heavy atom. The van der Waals surface area contributed by atoms with Crippen molar-refractivity contribution >= 4 is 44.7 Å². The maximum atomic E-state index is 13.7. The second-order valence-electron chi connectivity index (χ2n) is 13.0. The van der Waals surface area contributed by atoms with E-state index < -0.39 is 24.2 Å². The van der Waals surface area contributed by atoms with Gasteiger partial charge in [0, 0.05) is 41.6 Å². The number of anilines is 2. The number of ether oxygens (including phenoxy) is 1. The minimum atomic E-state index is -4.42. The molecule has 4 aliphatic rings. The summed E-state index contributed by atoms with van der Waals surface area (Å²) in [6.07, 6.45) is 10.1. The number of nitrogens with zero attached hydrogens (tertiary/aromatic N) is 3. The zero-order valence-electron chi connectivity index (χ0n) is 25.5. The van der Waals surface area contributed by atoms with Crippen molar-refractivity contribution in [3.8, 4) is 18.2 Å². The number of hydrogen-bond donors (Lipinski definition) is 4. The van der Waals surface area contributed by atoms with Crippen LogP contribution in [0.15, 0.2) is 60.7 Å². The van der Waals surface area contributed by atoms with Crippen molar-refractivity contribution < 1.29 is 17.9 Å². The summed E-state index contributed by atoms with van der Waals surface area (Å²) in [7, 11) is 1.59. The van der Waals surface area contributed by atoms with Gasteiger partial charge in [0.25, 0.3) is 0 Å². The van der Waals surface area contributed by atoms with Crippen LogP contribution in [-0.4, -0.2) is 40.3 Å². The molecule has 1 aliphatic heterocycles. The Morgan fingerprint density at radius 1 is 1.15 bits per heavy atom. The van der Waals surface area contributed by atoms with Gasteiger partial charge in [0.2, 0.25) is 5.88 Å². The molecule has 0 amide bonds. The summed E-state index contributed by atoms with van der Waals surface area (Å²) >= 11 is 6.79. The number of hydrogen-bond acceptors (Lipinski definition) is 8. The molecule has 2 aromatic carbocycles. The number of halogens is 4. The van der Waals surface area contributed by atoms with Gasteiger partial charge in [-0.1, -0.05) is 29.7 Å². The first-order valence-electron chi connectivity index (χ1n) is 15.0. The topological polar surface area (TPSA) is 86.4 Å². The van der Waals surface area contributed by atoms with E-state index in [9.17, 15) is 13.2 Å². The van der Waals surface area contributed by atoms with Crippen molar-refractivity contribution in [3.63, 3.8) is 0 Å². The summed E-state index contributed by atoms with van der Waals surface area (Å²) in [4.78, 5) is 8.84. The predicted molar refractivity (Wildman–Crippen MR) is 174 cm³/mol.